The van der Waals surface area contributed by atoms with Crippen LogP contribution in [-0.2, 0) is 19.6 Å². The molecule has 8 heteroatoms. The fourth-order valence-corrected chi connectivity index (χ4v) is 3.61. The molecule has 1 amide bonds. The van der Waals surface area contributed by atoms with E-state index in [0.29, 0.717) is 38.0 Å². The third kappa shape index (κ3) is 5.84. The van der Waals surface area contributed by atoms with E-state index in [4.69, 9.17) is 18.6 Å². The number of ether oxygens (including phenoxy) is 3. The van der Waals surface area contributed by atoms with Gasteiger partial charge in [0, 0.05) is 25.2 Å². The number of hydrogen-bond acceptors (Lipinski definition) is 7. The minimum Gasteiger partial charge on any atom is -0.496 e. The van der Waals surface area contributed by atoms with Crippen LogP contribution in [0.2, 0.25) is 0 Å². The van der Waals surface area contributed by atoms with Crippen molar-refractivity contribution in [2.75, 3.05) is 20.4 Å². The summed E-state index contributed by atoms with van der Waals surface area (Å²) in [5.74, 6) is 2.91. The Morgan fingerprint density at radius 2 is 1.94 bits per heavy atom. The minimum absolute atomic E-state index is 0.231. The standard InChI is InChI=1S/C25H29N3O5/c1-17(2)11-26-25(29)20-15-31-24(27-20)14-28(13-19-6-4-5-7-21(19)30-3)12-18-8-9-22-23(10-18)33-16-32-22/h4-10,15,17H,11-14,16H2,1-3H3,(H,26,29). The Hall–Kier alpha value is -3.52. The number of hydrogen-bond donors (Lipinski definition) is 1. The smallest absolute Gasteiger partial charge is 0.273 e. The van der Waals surface area contributed by atoms with Crippen molar-refractivity contribution in [3.05, 3.63) is 71.4 Å². The molecule has 174 valence electrons. The van der Waals surface area contributed by atoms with Crippen LogP contribution in [0.4, 0.5) is 0 Å². The Kier molecular flexibility index (Phi) is 7.14. The molecule has 0 saturated heterocycles. The lowest BCUT2D eigenvalue weighted by molar-refractivity contribution is 0.0944. The van der Waals surface area contributed by atoms with Crippen molar-refractivity contribution in [1.82, 2.24) is 15.2 Å². The van der Waals surface area contributed by atoms with Crippen LogP contribution in [0.5, 0.6) is 17.2 Å². The van der Waals surface area contributed by atoms with Gasteiger partial charge in [-0.3, -0.25) is 9.69 Å². The lowest BCUT2D eigenvalue weighted by atomic mass is 10.1. The Balaban J connectivity index is 1.52. The molecule has 0 aliphatic carbocycles. The van der Waals surface area contributed by atoms with Crippen LogP contribution in [0.25, 0.3) is 0 Å². The molecule has 0 unspecified atom stereocenters. The highest BCUT2D eigenvalue weighted by molar-refractivity contribution is 5.91. The third-order valence-electron chi connectivity index (χ3n) is 5.24. The average Bonchev–Trinajstić information content (AvgIpc) is 3.47. The van der Waals surface area contributed by atoms with Crippen molar-refractivity contribution in [1.29, 1.82) is 0 Å². The van der Waals surface area contributed by atoms with Crippen molar-refractivity contribution >= 4 is 5.91 Å². The second-order valence-corrected chi connectivity index (χ2v) is 8.37. The van der Waals surface area contributed by atoms with E-state index in [1.165, 1.54) is 6.26 Å². The summed E-state index contributed by atoms with van der Waals surface area (Å²) in [6.45, 7) is 6.55. The monoisotopic (exact) mass is 451 g/mol. The lowest BCUT2D eigenvalue weighted by Gasteiger charge is -2.22. The molecule has 8 nitrogen and oxygen atoms in total. The summed E-state index contributed by atoms with van der Waals surface area (Å²) in [7, 11) is 1.66. The largest absolute Gasteiger partial charge is 0.496 e. The molecule has 0 atom stereocenters. The van der Waals surface area contributed by atoms with Gasteiger partial charge >= 0.3 is 0 Å². The number of fused-ring (bicyclic) bond motifs is 1. The van der Waals surface area contributed by atoms with Gasteiger partial charge in [-0.1, -0.05) is 38.1 Å². The number of aromatic nitrogens is 1. The zero-order valence-electron chi connectivity index (χ0n) is 19.2. The number of nitrogens with zero attached hydrogens (tertiary/aromatic N) is 2. The second-order valence-electron chi connectivity index (χ2n) is 8.37. The summed E-state index contributed by atoms with van der Waals surface area (Å²) >= 11 is 0. The van der Waals surface area contributed by atoms with Gasteiger partial charge in [-0.2, -0.15) is 0 Å². The van der Waals surface area contributed by atoms with E-state index in [9.17, 15) is 4.79 Å². The summed E-state index contributed by atoms with van der Waals surface area (Å²) in [6.07, 6.45) is 1.41. The number of carbonyl (C=O) groups is 1. The molecule has 3 aromatic rings. The maximum Gasteiger partial charge on any atom is 0.273 e. The number of rotatable bonds is 10. The highest BCUT2D eigenvalue weighted by Crippen LogP contribution is 2.33. The zero-order valence-corrected chi connectivity index (χ0v) is 19.2. The number of benzene rings is 2. The molecule has 1 aromatic heterocycles. The highest BCUT2D eigenvalue weighted by atomic mass is 16.7. The van der Waals surface area contributed by atoms with Gasteiger partial charge in [0.1, 0.15) is 12.0 Å². The van der Waals surface area contributed by atoms with Crippen LogP contribution < -0.4 is 19.5 Å². The van der Waals surface area contributed by atoms with Gasteiger partial charge in [0.25, 0.3) is 5.91 Å². The van der Waals surface area contributed by atoms with Crippen LogP contribution in [-0.4, -0.2) is 36.2 Å². The van der Waals surface area contributed by atoms with Crippen LogP contribution in [0.15, 0.2) is 53.1 Å². The van der Waals surface area contributed by atoms with Crippen molar-refractivity contribution in [3.8, 4) is 17.2 Å². The summed E-state index contributed by atoms with van der Waals surface area (Å²) < 4.78 is 22.1. The first-order valence-electron chi connectivity index (χ1n) is 11.0. The fraction of sp³-hybridized carbons (Fsp3) is 0.360. The predicted octanol–water partition coefficient (Wildman–Crippen LogP) is 4.00. The molecular weight excluding hydrogens is 422 g/mol. The minimum atomic E-state index is -0.231. The molecule has 1 aliphatic heterocycles. The van der Waals surface area contributed by atoms with E-state index < -0.39 is 0 Å². The van der Waals surface area contributed by atoms with Crippen LogP contribution >= 0.6 is 0 Å². The van der Waals surface area contributed by atoms with Gasteiger partial charge in [-0.25, -0.2) is 4.98 Å². The molecule has 1 N–H and O–H groups in total. The number of nitrogens with one attached hydrogen (secondary N) is 1. The van der Waals surface area contributed by atoms with E-state index >= 15 is 0 Å². The summed E-state index contributed by atoms with van der Waals surface area (Å²) in [4.78, 5) is 18.9. The lowest BCUT2D eigenvalue weighted by Crippen LogP contribution is -2.27. The number of para-hydroxylation sites is 1. The Labute approximate surface area is 193 Å². The average molecular weight is 452 g/mol. The van der Waals surface area contributed by atoms with Crippen LogP contribution in [0, 0.1) is 5.92 Å². The third-order valence-corrected chi connectivity index (χ3v) is 5.24. The molecule has 0 fully saturated rings. The van der Waals surface area contributed by atoms with E-state index in [1.807, 2.05) is 56.3 Å². The number of methoxy groups -OCH3 is 1. The molecule has 2 aromatic carbocycles. The molecule has 4 rings (SSSR count). The van der Waals surface area contributed by atoms with Crippen molar-refractivity contribution in [2.24, 2.45) is 5.92 Å². The van der Waals surface area contributed by atoms with Crippen molar-refractivity contribution < 1.29 is 23.4 Å². The first-order chi connectivity index (χ1) is 16.0. The van der Waals surface area contributed by atoms with Crippen LogP contribution in [0.3, 0.4) is 0 Å². The second kappa shape index (κ2) is 10.4. The topological polar surface area (TPSA) is 86.1 Å². The number of oxazole rings is 1. The Bertz CT molecular complexity index is 1100. The quantitative estimate of drug-likeness (QED) is 0.499. The first-order valence-corrected chi connectivity index (χ1v) is 11.0. The summed E-state index contributed by atoms with van der Waals surface area (Å²) in [5, 5.41) is 2.87. The van der Waals surface area contributed by atoms with Gasteiger partial charge in [-0.05, 0) is 29.7 Å². The first kappa shape index (κ1) is 22.7. The van der Waals surface area contributed by atoms with E-state index in [2.05, 4.69) is 15.2 Å². The summed E-state index contributed by atoms with van der Waals surface area (Å²) in [6, 6.07) is 13.8. The van der Waals surface area contributed by atoms with Gasteiger partial charge < -0.3 is 23.9 Å². The summed E-state index contributed by atoms with van der Waals surface area (Å²) in [5.41, 5.74) is 2.39. The van der Waals surface area contributed by atoms with E-state index in [1.54, 1.807) is 7.11 Å². The molecule has 0 saturated carbocycles. The van der Waals surface area contributed by atoms with E-state index in [0.717, 1.165) is 28.4 Å². The predicted molar refractivity (Wildman–Crippen MR) is 122 cm³/mol. The van der Waals surface area contributed by atoms with Crippen molar-refractivity contribution in [2.45, 2.75) is 33.5 Å². The molecule has 0 spiro atoms. The van der Waals surface area contributed by atoms with Gasteiger partial charge in [0.15, 0.2) is 17.2 Å². The Morgan fingerprint density at radius 3 is 2.76 bits per heavy atom. The van der Waals surface area contributed by atoms with Gasteiger partial charge in [-0.15, -0.1) is 0 Å². The zero-order chi connectivity index (χ0) is 23.2. The van der Waals surface area contributed by atoms with E-state index in [-0.39, 0.29) is 18.4 Å². The molecule has 33 heavy (non-hydrogen) atoms. The molecular formula is C25H29N3O5. The van der Waals surface area contributed by atoms with Crippen LogP contribution in [0.1, 0.15) is 41.4 Å². The van der Waals surface area contributed by atoms with Gasteiger partial charge in [0.05, 0.1) is 13.7 Å². The number of carbonyl (C=O) groups excluding carboxylic acids is 1. The fourth-order valence-electron chi connectivity index (χ4n) is 3.61. The van der Waals surface area contributed by atoms with Crippen molar-refractivity contribution in [3.63, 3.8) is 0 Å². The molecule has 0 radical (unpaired) electrons. The highest BCUT2D eigenvalue weighted by Gasteiger charge is 2.19. The number of amides is 1. The molecule has 1 aliphatic rings. The SMILES string of the molecule is COc1ccccc1CN(Cc1ccc2c(c1)OCO2)Cc1nc(C(=O)NCC(C)C)co1. The maximum absolute atomic E-state index is 12.3. The Morgan fingerprint density at radius 1 is 1.12 bits per heavy atom. The normalized spacial score (nSPS) is 12.4. The van der Waals surface area contributed by atoms with Gasteiger partial charge in [0.2, 0.25) is 12.7 Å². The maximum atomic E-state index is 12.3. The molecule has 0 bridgehead atoms. The molecule has 2 heterocycles.